The number of hydrogen-bond acceptors (Lipinski definition) is 5. The van der Waals surface area contributed by atoms with Crippen molar-refractivity contribution in [1.29, 1.82) is 0 Å². The second-order valence-corrected chi connectivity index (χ2v) is 10.4. The second-order valence-electron chi connectivity index (χ2n) is 5.71. The van der Waals surface area contributed by atoms with Crippen molar-refractivity contribution in [2.45, 2.75) is 16.8 Å². The van der Waals surface area contributed by atoms with Crippen LogP contribution in [0.15, 0.2) is 47.1 Å². The smallest absolute Gasteiger partial charge is 0.218 e. The Labute approximate surface area is 146 Å². The van der Waals surface area contributed by atoms with E-state index < -0.39 is 25.1 Å². The Kier molecular flexibility index (Phi) is 4.74. The number of rotatable bonds is 6. The molecule has 0 aliphatic carbocycles. The van der Waals surface area contributed by atoms with Gasteiger partial charge in [-0.1, -0.05) is 23.7 Å². The summed E-state index contributed by atoms with van der Waals surface area (Å²) in [6.07, 6.45) is 1.41. The molecule has 1 aromatic heterocycles. The summed E-state index contributed by atoms with van der Waals surface area (Å²) in [4.78, 5) is 0. The lowest BCUT2D eigenvalue weighted by Crippen LogP contribution is -2.57. The van der Waals surface area contributed by atoms with Crippen molar-refractivity contribution in [2.24, 2.45) is 0 Å². The largest absolute Gasteiger partial charge is 0.468 e. The van der Waals surface area contributed by atoms with Crippen molar-refractivity contribution in [2.75, 3.05) is 13.1 Å². The third-order valence-electron chi connectivity index (χ3n) is 3.88. The third-order valence-corrected chi connectivity index (χ3v) is 7.90. The summed E-state index contributed by atoms with van der Waals surface area (Å²) in [5.74, 6) is -0.0547. The van der Waals surface area contributed by atoms with Crippen LogP contribution in [0.5, 0.6) is 0 Å². The van der Waals surface area contributed by atoms with Gasteiger partial charge in [0.05, 0.1) is 17.3 Å². The van der Waals surface area contributed by atoms with Crippen molar-refractivity contribution in [3.05, 3.63) is 59.0 Å². The summed E-state index contributed by atoms with van der Waals surface area (Å²) < 4.78 is 55.5. The van der Waals surface area contributed by atoms with E-state index in [4.69, 9.17) is 16.0 Å². The Morgan fingerprint density at radius 2 is 1.83 bits per heavy atom. The van der Waals surface area contributed by atoms with E-state index in [1.165, 1.54) is 10.6 Å². The highest BCUT2D eigenvalue weighted by molar-refractivity contribution is 7.92. The first-order valence-electron chi connectivity index (χ1n) is 7.22. The van der Waals surface area contributed by atoms with Crippen molar-refractivity contribution in [3.8, 4) is 0 Å². The molecule has 0 spiro atoms. The molecule has 0 amide bonds. The summed E-state index contributed by atoms with van der Waals surface area (Å²) in [7, 11) is -7.00. The number of benzene rings is 1. The number of nitrogens with zero attached hydrogens (tertiary/aromatic N) is 1. The molecule has 1 aromatic carbocycles. The zero-order valence-corrected chi connectivity index (χ0v) is 15.0. The molecule has 0 bridgehead atoms. The van der Waals surface area contributed by atoms with Crippen LogP contribution in [-0.4, -0.2) is 39.5 Å². The Bertz CT molecular complexity index is 917. The lowest BCUT2D eigenvalue weighted by molar-refractivity contribution is 0.308. The average Bonchev–Trinajstić information content (AvgIpc) is 2.87. The highest BCUT2D eigenvalue weighted by atomic mass is 35.5. The molecule has 1 aliphatic heterocycles. The van der Waals surface area contributed by atoms with E-state index >= 15 is 0 Å². The van der Waals surface area contributed by atoms with Crippen LogP contribution >= 0.6 is 11.6 Å². The fourth-order valence-corrected chi connectivity index (χ4v) is 6.10. The quantitative estimate of drug-likeness (QED) is 0.755. The lowest BCUT2D eigenvalue weighted by atomic mass is 10.2. The average molecular weight is 390 g/mol. The summed E-state index contributed by atoms with van der Waals surface area (Å²) in [5.41, 5.74) is 0.574. The van der Waals surface area contributed by atoms with Gasteiger partial charge >= 0.3 is 0 Å². The molecule has 1 fully saturated rings. The van der Waals surface area contributed by atoms with Crippen LogP contribution in [0.4, 0.5) is 0 Å². The van der Waals surface area contributed by atoms with Crippen molar-refractivity contribution >= 4 is 31.5 Å². The molecule has 1 aliphatic rings. The molecule has 3 rings (SSSR count). The van der Waals surface area contributed by atoms with Gasteiger partial charge in [-0.15, -0.1) is 0 Å². The van der Waals surface area contributed by atoms with E-state index in [0.717, 1.165) is 0 Å². The summed E-state index contributed by atoms with van der Waals surface area (Å²) in [6, 6.07) is 9.81. The first-order chi connectivity index (χ1) is 11.3. The van der Waals surface area contributed by atoms with E-state index in [9.17, 15) is 16.8 Å². The molecule has 0 radical (unpaired) electrons. The van der Waals surface area contributed by atoms with E-state index in [1.807, 2.05) is 0 Å². The van der Waals surface area contributed by atoms with Gasteiger partial charge in [-0.2, -0.15) is 4.31 Å². The third kappa shape index (κ3) is 3.83. The van der Waals surface area contributed by atoms with Crippen molar-refractivity contribution in [3.63, 3.8) is 0 Å². The first-order valence-corrected chi connectivity index (χ1v) is 10.9. The Morgan fingerprint density at radius 1 is 1.08 bits per heavy atom. The van der Waals surface area contributed by atoms with Gasteiger partial charge in [0.2, 0.25) is 10.0 Å². The first kappa shape index (κ1) is 17.5. The monoisotopic (exact) mass is 389 g/mol. The zero-order chi connectivity index (χ0) is 17.4. The van der Waals surface area contributed by atoms with Gasteiger partial charge < -0.3 is 4.42 Å². The highest BCUT2D eigenvalue weighted by Crippen LogP contribution is 2.25. The molecule has 2 aromatic rings. The van der Waals surface area contributed by atoms with E-state index in [0.29, 0.717) is 16.3 Å². The maximum atomic E-state index is 12.4. The van der Waals surface area contributed by atoms with Crippen LogP contribution in [0, 0.1) is 0 Å². The van der Waals surface area contributed by atoms with Gasteiger partial charge in [-0.25, -0.2) is 16.8 Å². The van der Waals surface area contributed by atoms with Crippen LogP contribution in [0.25, 0.3) is 0 Å². The van der Waals surface area contributed by atoms with E-state index in [-0.39, 0.29) is 24.6 Å². The Hall–Kier alpha value is -1.35. The molecule has 0 saturated carbocycles. The molecular formula is C15H16ClNO5S2. The topological polar surface area (TPSA) is 84.7 Å². The van der Waals surface area contributed by atoms with Crippen LogP contribution in [0.2, 0.25) is 5.02 Å². The van der Waals surface area contributed by atoms with Gasteiger partial charge in [0.1, 0.15) is 11.5 Å². The standard InChI is InChI=1S/C15H16ClNO5S2/c16-13-4-1-3-12(7-13)10-24(20,21)17-8-15(9-17)23(18,19)11-14-5-2-6-22-14/h1-7,15H,8-11H2. The Morgan fingerprint density at radius 3 is 2.46 bits per heavy atom. The molecule has 2 heterocycles. The molecular weight excluding hydrogens is 374 g/mol. The molecule has 1 saturated heterocycles. The maximum Gasteiger partial charge on any atom is 0.218 e. The highest BCUT2D eigenvalue weighted by Gasteiger charge is 2.43. The lowest BCUT2D eigenvalue weighted by Gasteiger charge is -2.37. The van der Waals surface area contributed by atoms with Gasteiger partial charge in [-0.3, -0.25) is 0 Å². The normalized spacial score (nSPS) is 16.9. The predicted octanol–water partition coefficient (Wildman–Crippen LogP) is 2.06. The van der Waals surface area contributed by atoms with Crippen LogP contribution < -0.4 is 0 Å². The maximum absolute atomic E-state index is 12.4. The summed E-state index contributed by atoms with van der Waals surface area (Å²) in [5, 5.41) is -0.234. The summed E-state index contributed by atoms with van der Waals surface area (Å²) >= 11 is 5.86. The van der Waals surface area contributed by atoms with Gasteiger partial charge in [0, 0.05) is 18.1 Å². The van der Waals surface area contributed by atoms with Crippen molar-refractivity contribution < 1.29 is 21.3 Å². The number of halogens is 1. The Balaban J connectivity index is 1.63. The van der Waals surface area contributed by atoms with Crippen LogP contribution in [-0.2, 0) is 31.4 Å². The van der Waals surface area contributed by atoms with Gasteiger partial charge in [-0.05, 0) is 29.8 Å². The number of hydrogen-bond donors (Lipinski definition) is 0. The van der Waals surface area contributed by atoms with E-state index in [1.54, 1.807) is 36.4 Å². The molecule has 9 heteroatoms. The van der Waals surface area contributed by atoms with Crippen LogP contribution in [0.3, 0.4) is 0 Å². The number of sulfone groups is 1. The van der Waals surface area contributed by atoms with Gasteiger partial charge in [0.25, 0.3) is 0 Å². The fourth-order valence-electron chi connectivity index (χ4n) is 2.49. The minimum absolute atomic E-state index is 0.0219. The molecule has 0 unspecified atom stereocenters. The molecule has 0 N–H and O–H groups in total. The molecule has 24 heavy (non-hydrogen) atoms. The SMILES string of the molecule is O=S(=O)(Cc1ccco1)C1CN(S(=O)(=O)Cc2cccc(Cl)c2)C1. The van der Waals surface area contributed by atoms with Crippen LogP contribution in [0.1, 0.15) is 11.3 Å². The minimum atomic E-state index is -3.56. The summed E-state index contributed by atoms with van der Waals surface area (Å²) in [6.45, 7) is -0.0438. The minimum Gasteiger partial charge on any atom is -0.468 e. The fraction of sp³-hybridized carbons (Fsp3) is 0.333. The molecule has 0 atom stereocenters. The number of sulfonamides is 1. The molecule has 6 nitrogen and oxygen atoms in total. The van der Waals surface area contributed by atoms with Gasteiger partial charge in [0.15, 0.2) is 9.84 Å². The van der Waals surface area contributed by atoms with E-state index in [2.05, 4.69) is 0 Å². The molecule has 130 valence electrons. The predicted molar refractivity (Wildman–Crippen MR) is 90.8 cm³/mol. The van der Waals surface area contributed by atoms with Crippen molar-refractivity contribution in [1.82, 2.24) is 4.31 Å². The number of furan rings is 1. The second kappa shape index (κ2) is 6.51. The zero-order valence-electron chi connectivity index (χ0n) is 12.6.